The van der Waals surface area contributed by atoms with Gasteiger partial charge in [-0.2, -0.15) is 0 Å². The lowest BCUT2D eigenvalue weighted by Crippen LogP contribution is -2.25. The van der Waals surface area contributed by atoms with Crippen LogP contribution in [0.1, 0.15) is 62.1 Å². The van der Waals surface area contributed by atoms with Gasteiger partial charge in [-0.25, -0.2) is 0 Å². The summed E-state index contributed by atoms with van der Waals surface area (Å²) in [4.78, 5) is 12.4. The lowest BCUT2D eigenvalue weighted by molar-refractivity contribution is -0.140. The Morgan fingerprint density at radius 1 is 0.926 bits per heavy atom. The Balaban J connectivity index is 1.53. The van der Waals surface area contributed by atoms with Gasteiger partial charge in [0.05, 0.1) is 5.92 Å². The summed E-state index contributed by atoms with van der Waals surface area (Å²) in [5, 5.41) is 0. The molecule has 1 saturated carbocycles. The van der Waals surface area contributed by atoms with Crippen LogP contribution in [0.5, 0.6) is 5.75 Å². The standard InChI is InChI=1S/C25H28O2/c1-3-4-20-11-15-23(16-12-20)25(26)27-24-17-13-22(14-18-24)10-9-21-7-5-19(2)6-8-21/h5-8,13-14,17-18,20,23H,3-4,11-12,15-16H2,1-2H3. The molecule has 0 aliphatic heterocycles. The lowest BCUT2D eigenvalue weighted by atomic mass is 9.80. The maximum Gasteiger partial charge on any atom is 0.314 e. The third-order valence-corrected chi connectivity index (χ3v) is 5.35. The Labute approximate surface area is 163 Å². The van der Waals surface area contributed by atoms with Gasteiger partial charge < -0.3 is 4.74 Å². The maximum atomic E-state index is 12.4. The zero-order valence-electron chi connectivity index (χ0n) is 16.3. The highest BCUT2D eigenvalue weighted by Gasteiger charge is 2.27. The van der Waals surface area contributed by atoms with Crippen LogP contribution < -0.4 is 4.74 Å². The van der Waals surface area contributed by atoms with Crippen LogP contribution in [0, 0.1) is 30.6 Å². The first kappa shape index (κ1) is 19.2. The number of esters is 1. The minimum atomic E-state index is -0.0801. The number of rotatable bonds is 4. The number of carbonyl (C=O) groups is 1. The second-order valence-corrected chi connectivity index (χ2v) is 7.57. The monoisotopic (exact) mass is 360 g/mol. The summed E-state index contributed by atoms with van der Waals surface area (Å²) >= 11 is 0. The molecular weight excluding hydrogens is 332 g/mol. The molecule has 0 amide bonds. The average Bonchev–Trinajstić information content (AvgIpc) is 2.69. The van der Waals surface area contributed by atoms with E-state index in [1.807, 2.05) is 36.4 Å². The molecule has 2 nitrogen and oxygen atoms in total. The summed E-state index contributed by atoms with van der Waals surface area (Å²) in [5.74, 6) is 7.69. The summed E-state index contributed by atoms with van der Waals surface area (Å²) in [5.41, 5.74) is 3.13. The van der Waals surface area contributed by atoms with E-state index >= 15 is 0 Å². The Morgan fingerprint density at radius 3 is 2.04 bits per heavy atom. The molecule has 0 N–H and O–H groups in total. The van der Waals surface area contributed by atoms with Gasteiger partial charge in [0.15, 0.2) is 0 Å². The second-order valence-electron chi connectivity index (χ2n) is 7.57. The van der Waals surface area contributed by atoms with E-state index in [0.29, 0.717) is 5.75 Å². The topological polar surface area (TPSA) is 26.3 Å². The van der Waals surface area contributed by atoms with Gasteiger partial charge in [-0.15, -0.1) is 0 Å². The zero-order chi connectivity index (χ0) is 19.1. The van der Waals surface area contributed by atoms with Crippen molar-refractivity contribution in [3.05, 3.63) is 65.2 Å². The van der Waals surface area contributed by atoms with Crippen LogP contribution in [0.25, 0.3) is 0 Å². The Hall–Kier alpha value is -2.53. The van der Waals surface area contributed by atoms with Gasteiger partial charge in [0.25, 0.3) is 0 Å². The molecule has 140 valence electrons. The SMILES string of the molecule is CCCC1CCC(C(=O)Oc2ccc(C#Cc3ccc(C)cc3)cc2)CC1. The molecule has 1 aliphatic carbocycles. The second kappa shape index (κ2) is 9.42. The van der Waals surface area contributed by atoms with Crippen molar-refractivity contribution >= 4 is 5.97 Å². The van der Waals surface area contributed by atoms with Crippen molar-refractivity contribution in [3.8, 4) is 17.6 Å². The summed E-state index contributed by atoms with van der Waals surface area (Å²) < 4.78 is 5.59. The van der Waals surface area contributed by atoms with Gasteiger partial charge >= 0.3 is 5.97 Å². The van der Waals surface area contributed by atoms with Crippen LogP contribution in [-0.4, -0.2) is 5.97 Å². The van der Waals surface area contributed by atoms with Gasteiger partial charge in [-0.05, 0) is 74.9 Å². The third kappa shape index (κ3) is 5.73. The summed E-state index contributed by atoms with van der Waals surface area (Å²) in [6.07, 6.45) is 6.75. The molecule has 0 aromatic heterocycles. The molecule has 27 heavy (non-hydrogen) atoms. The molecule has 0 bridgehead atoms. The Kier molecular flexibility index (Phi) is 6.71. The van der Waals surface area contributed by atoms with E-state index < -0.39 is 0 Å². The molecule has 1 fully saturated rings. The number of aryl methyl sites for hydroxylation is 1. The van der Waals surface area contributed by atoms with Gasteiger partial charge in [-0.1, -0.05) is 49.3 Å². The van der Waals surface area contributed by atoms with Crippen LogP contribution >= 0.6 is 0 Å². The van der Waals surface area contributed by atoms with Gasteiger partial charge in [0.2, 0.25) is 0 Å². The highest BCUT2D eigenvalue weighted by molar-refractivity contribution is 5.75. The van der Waals surface area contributed by atoms with E-state index in [9.17, 15) is 4.79 Å². The molecule has 2 aromatic rings. The van der Waals surface area contributed by atoms with Crippen LogP contribution in [0.2, 0.25) is 0 Å². The summed E-state index contributed by atoms with van der Waals surface area (Å²) in [7, 11) is 0. The fourth-order valence-corrected chi connectivity index (χ4v) is 3.68. The number of hydrogen-bond acceptors (Lipinski definition) is 2. The van der Waals surface area contributed by atoms with E-state index in [1.54, 1.807) is 0 Å². The molecule has 2 heteroatoms. The smallest absolute Gasteiger partial charge is 0.314 e. The van der Waals surface area contributed by atoms with Crippen LogP contribution in [0.15, 0.2) is 48.5 Å². The van der Waals surface area contributed by atoms with Crippen molar-refractivity contribution in [3.63, 3.8) is 0 Å². The van der Waals surface area contributed by atoms with Gasteiger partial charge in [-0.3, -0.25) is 4.79 Å². The number of hydrogen-bond donors (Lipinski definition) is 0. The first-order chi connectivity index (χ1) is 13.1. The molecule has 0 heterocycles. The lowest BCUT2D eigenvalue weighted by Gasteiger charge is -2.26. The van der Waals surface area contributed by atoms with E-state index in [4.69, 9.17) is 4.74 Å². The molecule has 0 atom stereocenters. The van der Waals surface area contributed by atoms with E-state index in [0.717, 1.165) is 42.7 Å². The normalized spacial score (nSPS) is 19.0. The van der Waals surface area contributed by atoms with E-state index in [1.165, 1.54) is 18.4 Å². The van der Waals surface area contributed by atoms with Gasteiger partial charge in [0, 0.05) is 11.1 Å². The quantitative estimate of drug-likeness (QED) is 0.385. The molecule has 0 spiro atoms. The fourth-order valence-electron chi connectivity index (χ4n) is 3.68. The van der Waals surface area contributed by atoms with Crippen molar-refractivity contribution < 1.29 is 9.53 Å². The predicted octanol–water partition coefficient (Wildman–Crippen LogP) is 5.91. The van der Waals surface area contributed by atoms with Crippen molar-refractivity contribution in [1.82, 2.24) is 0 Å². The van der Waals surface area contributed by atoms with Crippen molar-refractivity contribution in [1.29, 1.82) is 0 Å². The van der Waals surface area contributed by atoms with Crippen molar-refractivity contribution in [2.24, 2.45) is 11.8 Å². The zero-order valence-corrected chi connectivity index (χ0v) is 16.3. The van der Waals surface area contributed by atoms with E-state index in [2.05, 4.69) is 37.8 Å². The average molecular weight is 360 g/mol. The first-order valence-corrected chi connectivity index (χ1v) is 10.0. The Morgan fingerprint density at radius 2 is 1.48 bits per heavy atom. The summed E-state index contributed by atoms with van der Waals surface area (Å²) in [6.45, 7) is 4.29. The van der Waals surface area contributed by atoms with Crippen molar-refractivity contribution in [2.75, 3.05) is 0 Å². The predicted molar refractivity (Wildman–Crippen MR) is 110 cm³/mol. The minimum absolute atomic E-state index is 0.0547. The largest absolute Gasteiger partial charge is 0.426 e. The Bertz CT molecular complexity index is 798. The van der Waals surface area contributed by atoms with Crippen LogP contribution in [-0.2, 0) is 4.79 Å². The highest BCUT2D eigenvalue weighted by Crippen LogP contribution is 2.32. The molecular formula is C25H28O2. The highest BCUT2D eigenvalue weighted by atomic mass is 16.5. The molecule has 0 unspecified atom stereocenters. The summed E-state index contributed by atoms with van der Waals surface area (Å²) in [6, 6.07) is 15.6. The molecule has 1 aliphatic rings. The third-order valence-electron chi connectivity index (χ3n) is 5.35. The molecule has 0 radical (unpaired) electrons. The van der Waals surface area contributed by atoms with Crippen LogP contribution in [0.4, 0.5) is 0 Å². The molecule has 2 aromatic carbocycles. The van der Waals surface area contributed by atoms with Crippen molar-refractivity contribution in [2.45, 2.75) is 52.4 Å². The van der Waals surface area contributed by atoms with Gasteiger partial charge in [0.1, 0.15) is 5.75 Å². The molecule has 3 rings (SSSR count). The van der Waals surface area contributed by atoms with Crippen LogP contribution in [0.3, 0.4) is 0 Å². The van der Waals surface area contributed by atoms with E-state index in [-0.39, 0.29) is 11.9 Å². The number of ether oxygens (including phenoxy) is 1. The maximum absolute atomic E-state index is 12.4. The minimum Gasteiger partial charge on any atom is -0.426 e. The molecule has 0 saturated heterocycles. The number of benzene rings is 2. The number of carbonyl (C=O) groups excluding carboxylic acids is 1. The fraction of sp³-hybridized carbons (Fsp3) is 0.400. The first-order valence-electron chi connectivity index (χ1n) is 10.0.